The fourth-order valence-corrected chi connectivity index (χ4v) is 1.82. The summed E-state index contributed by atoms with van der Waals surface area (Å²) in [6.45, 7) is 0. The maximum atomic E-state index is 13.2. The Labute approximate surface area is 96.9 Å². The van der Waals surface area contributed by atoms with Crippen molar-refractivity contribution in [3.05, 3.63) is 33.5 Å². The van der Waals surface area contributed by atoms with E-state index in [-0.39, 0.29) is 10.8 Å². The van der Waals surface area contributed by atoms with Crippen LogP contribution in [0.1, 0.15) is 0 Å². The van der Waals surface area contributed by atoms with Crippen molar-refractivity contribution in [2.75, 3.05) is 5.32 Å². The molecular formula is C8H4F3N3S2. The second-order valence-corrected chi connectivity index (χ2v) is 4.46. The zero-order valence-electron chi connectivity index (χ0n) is 7.55. The highest BCUT2D eigenvalue weighted by Crippen LogP contribution is 2.23. The molecule has 0 bridgehead atoms. The van der Waals surface area contributed by atoms with E-state index in [0.29, 0.717) is 10.0 Å². The van der Waals surface area contributed by atoms with Gasteiger partial charge in [0.05, 0.1) is 5.69 Å². The zero-order valence-corrected chi connectivity index (χ0v) is 9.19. The van der Waals surface area contributed by atoms with Gasteiger partial charge in [0.1, 0.15) is 5.82 Å². The van der Waals surface area contributed by atoms with Crippen LogP contribution in [0.25, 0.3) is 0 Å². The fraction of sp³-hybridized carbons (Fsp3) is 0. The van der Waals surface area contributed by atoms with E-state index >= 15 is 0 Å². The predicted molar refractivity (Wildman–Crippen MR) is 56.9 cm³/mol. The van der Waals surface area contributed by atoms with Gasteiger partial charge in [0.25, 0.3) is 0 Å². The minimum Gasteiger partial charge on any atom is -0.328 e. The van der Waals surface area contributed by atoms with Crippen LogP contribution in [-0.2, 0) is 0 Å². The second-order valence-electron chi connectivity index (χ2n) is 2.79. The molecule has 2 N–H and O–H groups in total. The van der Waals surface area contributed by atoms with E-state index in [1.54, 1.807) is 0 Å². The van der Waals surface area contributed by atoms with Gasteiger partial charge in [-0.1, -0.05) is 11.3 Å². The Kier molecular flexibility index (Phi) is 2.92. The third-order valence-corrected chi connectivity index (χ3v) is 2.69. The number of hydrogen-bond donors (Lipinski definition) is 2. The van der Waals surface area contributed by atoms with Crippen LogP contribution >= 0.6 is 23.6 Å². The fourth-order valence-electron chi connectivity index (χ4n) is 1.02. The Morgan fingerprint density at radius 1 is 1.19 bits per heavy atom. The molecule has 16 heavy (non-hydrogen) atoms. The first-order chi connectivity index (χ1) is 7.56. The van der Waals surface area contributed by atoms with Gasteiger partial charge in [-0.3, -0.25) is 5.10 Å². The number of H-pyrrole nitrogens is 1. The molecule has 0 fully saturated rings. The number of hydrogen-bond acceptors (Lipinski definition) is 4. The summed E-state index contributed by atoms with van der Waals surface area (Å²) in [4.78, 5) is 0. The molecule has 0 saturated carbocycles. The maximum absolute atomic E-state index is 13.2. The molecule has 3 nitrogen and oxygen atoms in total. The first-order valence-corrected chi connectivity index (χ1v) is 5.26. The van der Waals surface area contributed by atoms with Crippen LogP contribution in [-0.4, -0.2) is 10.2 Å². The van der Waals surface area contributed by atoms with Crippen LogP contribution in [0.5, 0.6) is 0 Å². The quantitative estimate of drug-likeness (QED) is 0.644. The number of nitrogens with one attached hydrogen (secondary N) is 2. The van der Waals surface area contributed by atoms with Crippen molar-refractivity contribution in [3.63, 3.8) is 0 Å². The van der Waals surface area contributed by atoms with Crippen LogP contribution < -0.4 is 5.32 Å². The van der Waals surface area contributed by atoms with Crippen molar-refractivity contribution in [3.8, 4) is 0 Å². The number of halogens is 3. The highest BCUT2D eigenvalue weighted by molar-refractivity contribution is 7.73. The number of aromatic amines is 1. The summed E-state index contributed by atoms with van der Waals surface area (Å²) in [6, 6.07) is 1.18. The van der Waals surface area contributed by atoms with E-state index in [0.717, 1.165) is 17.4 Å². The van der Waals surface area contributed by atoms with Crippen molar-refractivity contribution >= 4 is 34.4 Å². The first-order valence-electron chi connectivity index (χ1n) is 4.03. The third kappa shape index (κ3) is 2.22. The van der Waals surface area contributed by atoms with Crippen molar-refractivity contribution in [2.45, 2.75) is 0 Å². The third-order valence-electron chi connectivity index (χ3n) is 1.69. The normalized spacial score (nSPS) is 10.4. The molecule has 0 amide bonds. The molecule has 0 aliphatic carbocycles. The molecule has 0 atom stereocenters. The van der Waals surface area contributed by atoms with Crippen molar-refractivity contribution in [1.82, 2.24) is 10.2 Å². The van der Waals surface area contributed by atoms with E-state index in [4.69, 9.17) is 12.2 Å². The highest BCUT2D eigenvalue weighted by Gasteiger charge is 2.10. The average Bonchev–Trinajstić information content (AvgIpc) is 2.60. The van der Waals surface area contributed by atoms with Gasteiger partial charge in [0.15, 0.2) is 15.6 Å². The summed E-state index contributed by atoms with van der Waals surface area (Å²) in [5.74, 6) is -3.28. The van der Waals surface area contributed by atoms with Crippen LogP contribution in [0.2, 0.25) is 0 Å². The molecule has 2 aromatic rings. The molecule has 0 spiro atoms. The van der Waals surface area contributed by atoms with Crippen LogP contribution in [0.4, 0.5) is 24.0 Å². The van der Waals surface area contributed by atoms with E-state index in [2.05, 4.69) is 15.5 Å². The largest absolute Gasteiger partial charge is 0.328 e. The molecule has 84 valence electrons. The predicted octanol–water partition coefficient (Wildman–Crippen LogP) is 3.36. The van der Waals surface area contributed by atoms with Crippen molar-refractivity contribution < 1.29 is 13.2 Å². The summed E-state index contributed by atoms with van der Waals surface area (Å²) in [5, 5.41) is 8.93. The Morgan fingerprint density at radius 2 is 1.88 bits per heavy atom. The van der Waals surface area contributed by atoms with E-state index in [1.807, 2.05) is 0 Å². The van der Waals surface area contributed by atoms with E-state index in [1.165, 1.54) is 0 Å². The summed E-state index contributed by atoms with van der Waals surface area (Å²) >= 11 is 5.82. The summed E-state index contributed by atoms with van der Waals surface area (Å²) in [6.07, 6.45) is 0. The number of rotatable bonds is 2. The lowest BCUT2D eigenvalue weighted by Gasteiger charge is -2.03. The summed E-state index contributed by atoms with van der Waals surface area (Å²) < 4.78 is 39.1. The minimum absolute atomic E-state index is 0.198. The monoisotopic (exact) mass is 263 g/mol. The SMILES string of the molecule is Fc1cc(F)c(Nc2n[nH]c(=S)s2)cc1F. The minimum atomic E-state index is -1.24. The van der Waals surface area contributed by atoms with Crippen LogP contribution in [0, 0.1) is 21.4 Å². The standard InChI is InChI=1S/C8H4F3N3S2/c9-3-1-5(11)6(2-4(3)10)12-7-13-14-8(15)16-7/h1-2H,(H,12,13)(H,14,15). The molecule has 8 heteroatoms. The topological polar surface area (TPSA) is 40.7 Å². The van der Waals surface area contributed by atoms with E-state index < -0.39 is 17.5 Å². The van der Waals surface area contributed by atoms with Gasteiger partial charge in [-0.25, -0.2) is 13.2 Å². The van der Waals surface area contributed by atoms with Gasteiger partial charge in [-0.05, 0) is 12.2 Å². The van der Waals surface area contributed by atoms with Gasteiger partial charge in [0, 0.05) is 12.1 Å². The smallest absolute Gasteiger partial charge is 0.208 e. The molecule has 2 rings (SSSR count). The van der Waals surface area contributed by atoms with E-state index in [9.17, 15) is 13.2 Å². The Morgan fingerprint density at radius 3 is 2.50 bits per heavy atom. The summed E-state index contributed by atoms with van der Waals surface area (Å²) in [5.41, 5.74) is -0.198. The van der Waals surface area contributed by atoms with Crippen molar-refractivity contribution in [1.29, 1.82) is 0 Å². The average molecular weight is 263 g/mol. The molecular weight excluding hydrogens is 259 g/mol. The molecule has 1 heterocycles. The Hall–Kier alpha value is -1.41. The molecule has 0 aliphatic rings. The molecule has 0 radical (unpaired) electrons. The Bertz CT molecular complexity index is 578. The number of aromatic nitrogens is 2. The highest BCUT2D eigenvalue weighted by atomic mass is 32.1. The molecule has 1 aromatic heterocycles. The second kappa shape index (κ2) is 4.22. The van der Waals surface area contributed by atoms with Gasteiger partial charge in [0.2, 0.25) is 5.13 Å². The first kappa shape index (κ1) is 11.1. The molecule has 0 unspecified atom stereocenters. The number of anilines is 2. The zero-order chi connectivity index (χ0) is 11.7. The number of benzene rings is 1. The van der Waals surface area contributed by atoms with Gasteiger partial charge >= 0.3 is 0 Å². The van der Waals surface area contributed by atoms with Crippen molar-refractivity contribution in [2.24, 2.45) is 0 Å². The number of nitrogens with zero attached hydrogens (tertiary/aromatic N) is 1. The van der Waals surface area contributed by atoms with Gasteiger partial charge < -0.3 is 5.32 Å². The Balaban J connectivity index is 2.34. The maximum Gasteiger partial charge on any atom is 0.208 e. The van der Waals surface area contributed by atoms with Crippen LogP contribution in [0.3, 0.4) is 0 Å². The summed E-state index contributed by atoms with van der Waals surface area (Å²) in [7, 11) is 0. The molecule has 0 saturated heterocycles. The molecule has 1 aromatic carbocycles. The van der Waals surface area contributed by atoms with Gasteiger partial charge in [-0.2, -0.15) is 0 Å². The lowest BCUT2D eigenvalue weighted by atomic mass is 10.3. The van der Waals surface area contributed by atoms with Crippen LogP contribution in [0.15, 0.2) is 12.1 Å². The molecule has 0 aliphatic heterocycles. The lowest BCUT2D eigenvalue weighted by Crippen LogP contribution is -1.96. The van der Waals surface area contributed by atoms with Gasteiger partial charge in [-0.15, -0.1) is 5.10 Å². The lowest BCUT2D eigenvalue weighted by molar-refractivity contribution is 0.496.